The first-order chi connectivity index (χ1) is 14.0. The topological polar surface area (TPSA) is 95.6 Å². The maximum atomic E-state index is 14.1. The minimum absolute atomic E-state index is 0.0953. The second-order valence-corrected chi connectivity index (χ2v) is 11.3. The maximum absolute atomic E-state index is 14.1. The van der Waals surface area contributed by atoms with E-state index in [0.29, 0.717) is 44.1 Å². The van der Waals surface area contributed by atoms with E-state index in [0.717, 1.165) is 12.3 Å². The molecule has 2 aliphatic heterocycles. The van der Waals surface area contributed by atoms with Crippen LogP contribution in [0.4, 0.5) is 14.5 Å². The first-order valence-corrected chi connectivity index (χ1v) is 12.7. The number of anilines is 1. The molecule has 2 aliphatic rings. The van der Waals surface area contributed by atoms with Gasteiger partial charge in [-0.2, -0.15) is 4.72 Å². The zero-order valence-corrected chi connectivity index (χ0v) is 17.8. The number of hydrogen-bond donors (Lipinski definition) is 2. The highest BCUT2D eigenvalue weighted by Crippen LogP contribution is 2.37. The molecule has 0 saturated carbocycles. The van der Waals surface area contributed by atoms with Crippen molar-refractivity contribution in [3.8, 4) is 0 Å². The number of piperidine rings is 1. The third-order valence-corrected chi connectivity index (χ3v) is 8.27. The number of nitrogens with one attached hydrogen (secondary N) is 2. The molecular formula is C19H21F2N3O4S2. The lowest BCUT2D eigenvalue weighted by Crippen LogP contribution is -2.62. The predicted molar refractivity (Wildman–Crippen MR) is 107 cm³/mol. The highest BCUT2D eigenvalue weighted by atomic mass is 32.2. The average Bonchev–Trinajstić information content (AvgIpc) is 2.61. The Labute approximate surface area is 174 Å². The Bertz CT molecular complexity index is 1210. The summed E-state index contributed by atoms with van der Waals surface area (Å²) in [4.78, 5) is 1.70. The quantitative estimate of drug-likeness (QED) is 0.733. The molecule has 0 unspecified atom stereocenters. The van der Waals surface area contributed by atoms with Crippen LogP contribution in [-0.4, -0.2) is 46.7 Å². The minimum Gasteiger partial charge on any atom is -0.365 e. The number of sulfone groups is 1. The molecule has 2 N–H and O–H groups in total. The van der Waals surface area contributed by atoms with Crippen molar-refractivity contribution in [2.45, 2.75) is 34.8 Å². The summed E-state index contributed by atoms with van der Waals surface area (Å²) in [5, 5.41) is 2.98. The van der Waals surface area contributed by atoms with Gasteiger partial charge in [-0.25, -0.2) is 25.6 Å². The number of fused-ring (bicyclic) bond motifs is 1. The van der Waals surface area contributed by atoms with Crippen LogP contribution in [0, 0.1) is 11.6 Å². The molecule has 4 rings (SSSR count). The van der Waals surface area contributed by atoms with Crippen LogP contribution in [0.15, 0.2) is 46.2 Å². The average molecular weight is 458 g/mol. The van der Waals surface area contributed by atoms with E-state index >= 15 is 0 Å². The fraction of sp³-hybridized carbons (Fsp3) is 0.368. The van der Waals surface area contributed by atoms with Crippen molar-refractivity contribution in [1.82, 2.24) is 9.62 Å². The van der Waals surface area contributed by atoms with Gasteiger partial charge in [0.2, 0.25) is 10.0 Å². The second kappa shape index (κ2) is 7.26. The number of sulfonamides is 1. The Balaban J connectivity index is 1.54. The van der Waals surface area contributed by atoms with Crippen molar-refractivity contribution in [2.75, 3.05) is 24.7 Å². The van der Waals surface area contributed by atoms with E-state index in [1.165, 1.54) is 0 Å². The van der Waals surface area contributed by atoms with Crippen LogP contribution < -0.4 is 10.0 Å². The summed E-state index contributed by atoms with van der Waals surface area (Å²) in [5.74, 6) is -2.00. The van der Waals surface area contributed by atoms with E-state index in [1.807, 2.05) is 4.90 Å². The Kier molecular flexibility index (Phi) is 5.12. The van der Waals surface area contributed by atoms with Crippen molar-refractivity contribution in [3.63, 3.8) is 0 Å². The van der Waals surface area contributed by atoms with Gasteiger partial charge < -0.3 is 5.32 Å². The summed E-state index contributed by atoms with van der Waals surface area (Å²) < 4.78 is 79.5. The molecule has 162 valence electrons. The largest absolute Gasteiger partial charge is 0.365 e. The predicted octanol–water partition coefficient (Wildman–Crippen LogP) is 2.06. The summed E-state index contributed by atoms with van der Waals surface area (Å²) in [6.45, 7) is 1.31. The van der Waals surface area contributed by atoms with E-state index in [-0.39, 0.29) is 10.6 Å². The van der Waals surface area contributed by atoms with Gasteiger partial charge >= 0.3 is 0 Å². The van der Waals surface area contributed by atoms with Crippen LogP contribution >= 0.6 is 0 Å². The van der Waals surface area contributed by atoms with Crippen LogP contribution in [0.3, 0.4) is 0 Å². The zero-order chi connectivity index (χ0) is 21.7. The molecule has 1 spiro atoms. The fourth-order valence-electron chi connectivity index (χ4n) is 4.07. The Hall–Kier alpha value is -2.08. The fourth-order valence-corrected chi connectivity index (χ4v) is 6.60. The first-order valence-electron chi connectivity index (χ1n) is 9.31. The molecular weight excluding hydrogens is 436 g/mol. The van der Waals surface area contributed by atoms with Gasteiger partial charge in [0.1, 0.15) is 22.2 Å². The lowest BCUT2D eigenvalue weighted by atomic mass is 9.96. The van der Waals surface area contributed by atoms with Gasteiger partial charge in [-0.3, -0.25) is 4.90 Å². The molecule has 0 atom stereocenters. The molecule has 1 saturated heterocycles. The Morgan fingerprint density at radius 3 is 2.47 bits per heavy atom. The highest BCUT2D eigenvalue weighted by Gasteiger charge is 2.44. The van der Waals surface area contributed by atoms with Crippen molar-refractivity contribution in [3.05, 3.63) is 53.6 Å². The molecule has 0 bridgehead atoms. The molecule has 7 nitrogen and oxygen atoms in total. The molecule has 11 heteroatoms. The van der Waals surface area contributed by atoms with Crippen molar-refractivity contribution >= 4 is 25.5 Å². The monoisotopic (exact) mass is 457 g/mol. The molecule has 0 amide bonds. The summed E-state index contributed by atoms with van der Waals surface area (Å²) in [7, 11) is -7.52. The van der Waals surface area contributed by atoms with Crippen LogP contribution in [0.1, 0.15) is 18.4 Å². The Morgan fingerprint density at radius 2 is 1.80 bits per heavy atom. The van der Waals surface area contributed by atoms with Crippen LogP contribution in [0.5, 0.6) is 0 Å². The minimum atomic E-state index is -4.15. The lowest BCUT2D eigenvalue weighted by molar-refractivity contribution is 0.157. The van der Waals surface area contributed by atoms with Gasteiger partial charge in [0.25, 0.3) is 0 Å². The van der Waals surface area contributed by atoms with Crippen LogP contribution in [-0.2, 0) is 26.4 Å². The van der Waals surface area contributed by atoms with E-state index in [4.69, 9.17) is 0 Å². The number of nitrogens with zero attached hydrogens (tertiary/aromatic N) is 1. The number of halogens is 2. The third kappa shape index (κ3) is 3.94. The van der Waals surface area contributed by atoms with E-state index in [1.54, 1.807) is 24.3 Å². The molecule has 1 fully saturated rings. The van der Waals surface area contributed by atoms with Crippen LogP contribution in [0.2, 0.25) is 0 Å². The van der Waals surface area contributed by atoms with Crippen molar-refractivity contribution in [1.29, 1.82) is 0 Å². The number of hydrogen-bond acceptors (Lipinski definition) is 6. The number of benzene rings is 2. The SMILES string of the molecule is CS(=O)(=O)c1ccccc1CN1CCC2(CC1)Nc1cc(F)cc(F)c1S(=O)(=O)N2. The highest BCUT2D eigenvalue weighted by molar-refractivity contribution is 7.90. The maximum Gasteiger partial charge on any atom is 0.247 e. The molecule has 2 aromatic carbocycles. The van der Waals surface area contributed by atoms with E-state index in [9.17, 15) is 25.6 Å². The molecule has 2 heterocycles. The second-order valence-electron chi connectivity index (χ2n) is 7.73. The summed E-state index contributed by atoms with van der Waals surface area (Å²) in [6.07, 6.45) is 1.84. The van der Waals surface area contributed by atoms with Gasteiger partial charge in [-0.1, -0.05) is 18.2 Å². The zero-order valence-electron chi connectivity index (χ0n) is 16.2. The van der Waals surface area contributed by atoms with Gasteiger partial charge in [-0.15, -0.1) is 0 Å². The number of rotatable bonds is 3. The van der Waals surface area contributed by atoms with E-state index in [2.05, 4.69) is 10.0 Å². The summed E-state index contributed by atoms with van der Waals surface area (Å²) in [5.41, 5.74) is -0.483. The molecule has 0 aromatic heterocycles. The van der Waals surface area contributed by atoms with Gasteiger partial charge in [0, 0.05) is 32.0 Å². The van der Waals surface area contributed by atoms with E-state index < -0.39 is 42.1 Å². The summed E-state index contributed by atoms with van der Waals surface area (Å²) in [6, 6.07) is 8.28. The number of likely N-dealkylation sites (tertiary alicyclic amines) is 1. The van der Waals surface area contributed by atoms with Crippen molar-refractivity contribution in [2.24, 2.45) is 0 Å². The standard InChI is InChI=1S/C19H21F2N3O4S2/c1-29(25,26)17-5-3-2-4-13(17)12-24-8-6-19(7-9-24)22-16-11-14(20)10-15(21)18(16)30(27,28)23-19/h2-5,10-11,22-23H,6-9,12H2,1H3. The van der Waals surface area contributed by atoms with Gasteiger partial charge in [0.15, 0.2) is 9.84 Å². The normalized spacial score (nSPS) is 20.5. The Morgan fingerprint density at radius 1 is 1.13 bits per heavy atom. The third-order valence-electron chi connectivity index (χ3n) is 5.46. The molecule has 0 radical (unpaired) electrons. The first kappa shape index (κ1) is 21.2. The van der Waals surface area contributed by atoms with Gasteiger partial charge in [-0.05, 0) is 30.5 Å². The van der Waals surface area contributed by atoms with Crippen molar-refractivity contribution < 1.29 is 25.6 Å². The molecule has 30 heavy (non-hydrogen) atoms. The lowest BCUT2D eigenvalue weighted by Gasteiger charge is -2.45. The molecule has 0 aliphatic carbocycles. The smallest absolute Gasteiger partial charge is 0.247 e. The van der Waals surface area contributed by atoms with Crippen LogP contribution in [0.25, 0.3) is 0 Å². The molecule has 2 aromatic rings. The van der Waals surface area contributed by atoms with Gasteiger partial charge in [0.05, 0.1) is 10.6 Å². The summed E-state index contributed by atoms with van der Waals surface area (Å²) >= 11 is 0.